The number of rotatable bonds is 5. The molecule has 0 unspecified atom stereocenters. The number of Topliss-reactive ketones (excluding diaryl/α,β-unsaturated/α-hetero) is 1. The number of aryl methyl sites for hydroxylation is 2. The van der Waals surface area contributed by atoms with E-state index in [0.717, 1.165) is 41.5 Å². The van der Waals surface area contributed by atoms with E-state index in [1.54, 1.807) is 0 Å². The number of allylic oxidation sites excluding steroid dienone is 2. The van der Waals surface area contributed by atoms with Gasteiger partial charge >= 0.3 is 0 Å². The number of fused-ring (bicyclic) bond motifs is 3. The lowest BCUT2D eigenvalue weighted by molar-refractivity contribution is 0.105. The van der Waals surface area contributed by atoms with Gasteiger partial charge in [0.25, 0.3) is 0 Å². The zero-order valence-corrected chi connectivity index (χ0v) is 20.3. The van der Waals surface area contributed by atoms with Gasteiger partial charge in [0.1, 0.15) is 0 Å². The third-order valence-electron chi connectivity index (χ3n) is 8.16. The molecule has 0 atom stereocenters. The molecule has 0 bridgehead atoms. The van der Waals surface area contributed by atoms with Gasteiger partial charge in [-0.15, -0.1) is 0 Å². The van der Waals surface area contributed by atoms with Crippen LogP contribution in [0.4, 0.5) is 0 Å². The van der Waals surface area contributed by atoms with Crippen molar-refractivity contribution in [1.29, 1.82) is 5.26 Å². The summed E-state index contributed by atoms with van der Waals surface area (Å²) in [6.07, 6.45) is 8.03. The number of piperidine rings is 1. The molecule has 0 spiro atoms. The molecule has 170 valence electrons. The van der Waals surface area contributed by atoms with Gasteiger partial charge in [0.05, 0.1) is 11.6 Å². The number of ketones is 1. The Balaban J connectivity index is 1.47. The van der Waals surface area contributed by atoms with E-state index in [9.17, 15) is 10.1 Å². The lowest BCUT2D eigenvalue weighted by Gasteiger charge is -2.35. The van der Waals surface area contributed by atoms with Crippen LogP contribution in [-0.4, -0.2) is 30.3 Å². The monoisotopic (exact) mass is 438 g/mol. The van der Waals surface area contributed by atoms with Crippen LogP contribution >= 0.6 is 0 Å². The first kappa shape index (κ1) is 22.1. The maximum absolute atomic E-state index is 13.8. The summed E-state index contributed by atoms with van der Waals surface area (Å²) in [5, 5.41) is 9.33. The summed E-state index contributed by atoms with van der Waals surface area (Å²) in [6, 6.07) is 12.6. The first-order chi connectivity index (χ1) is 15.9. The number of nitriles is 1. The summed E-state index contributed by atoms with van der Waals surface area (Å²) in [5.41, 5.74) is 9.51. The van der Waals surface area contributed by atoms with Crippen molar-refractivity contribution < 1.29 is 4.79 Å². The molecule has 0 amide bonds. The minimum Gasteiger partial charge on any atom is -0.303 e. The number of likely N-dealkylation sites (tertiary alicyclic amines) is 1. The van der Waals surface area contributed by atoms with E-state index in [2.05, 4.69) is 43.9 Å². The molecular formula is C30H34N2O. The number of hydrogen-bond acceptors (Lipinski definition) is 3. The van der Waals surface area contributed by atoms with Gasteiger partial charge in [0, 0.05) is 16.6 Å². The van der Waals surface area contributed by atoms with Gasteiger partial charge in [0.15, 0.2) is 5.78 Å². The largest absolute Gasteiger partial charge is 0.303 e. The van der Waals surface area contributed by atoms with Gasteiger partial charge in [-0.25, -0.2) is 0 Å². The summed E-state index contributed by atoms with van der Waals surface area (Å²) in [7, 11) is 0. The molecule has 1 heterocycles. The number of carbonyl (C=O) groups is 1. The van der Waals surface area contributed by atoms with Gasteiger partial charge in [-0.05, 0) is 110 Å². The van der Waals surface area contributed by atoms with Crippen molar-refractivity contribution in [2.45, 2.75) is 71.1 Å². The minimum absolute atomic E-state index is 0.164. The van der Waals surface area contributed by atoms with Crippen LogP contribution in [0.5, 0.6) is 0 Å². The normalized spacial score (nSPS) is 19.2. The fraction of sp³-hybridized carbons (Fsp3) is 0.467. The summed E-state index contributed by atoms with van der Waals surface area (Å²) >= 11 is 0. The Bertz CT molecular complexity index is 1190. The minimum atomic E-state index is -0.196. The van der Waals surface area contributed by atoms with Crippen molar-refractivity contribution in [3.63, 3.8) is 0 Å². The summed E-state index contributed by atoms with van der Waals surface area (Å²) in [5.74, 6) is 0.164. The first-order valence-electron chi connectivity index (χ1n) is 12.6. The van der Waals surface area contributed by atoms with Gasteiger partial charge < -0.3 is 4.90 Å². The van der Waals surface area contributed by atoms with E-state index >= 15 is 0 Å². The predicted molar refractivity (Wildman–Crippen MR) is 134 cm³/mol. The molecule has 2 aromatic carbocycles. The zero-order chi connectivity index (χ0) is 23.2. The standard InChI is InChI=1S/C30H34N2O/c1-4-21-16-25-26(17-22(21)9-8-14-32-12-6-5-7-13-32)30(2,3)27-18-23-15-20(19-31)10-11-24(23)28(27)29(25)33/h10-11,15-17H,4-9,12-14,18H2,1-3H3. The quantitative estimate of drug-likeness (QED) is 0.573. The Morgan fingerprint density at radius 1 is 1.03 bits per heavy atom. The molecule has 3 heteroatoms. The molecule has 3 aliphatic rings. The number of nitrogens with zero attached hydrogens (tertiary/aromatic N) is 2. The van der Waals surface area contributed by atoms with Crippen molar-refractivity contribution in [2.24, 2.45) is 0 Å². The van der Waals surface area contributed by atoms with Crippen molar-refractivity contribution in [3.8, 4) is 6.07 Å². The molecule has 0 saturated carbocycles. The van der Waals surface area contributed by atoms with Crippen LogP contribution < -0.4 is 0 Å². The molecule has 0 aromatic heterocycles. The van der Waals surface area contributed by atoms with Crippen LogP contribution in [-0.2, 0) is 24.7 Å². The highest BCUT2D eigenvalue weighted by Gasteiger charge is 2.43. The molecule has 1 saturated heterocycles. The molecule has 3 nitrogen and oxygen atoms in total. The molecule has 1 fully saturated rings. The van der Waals surface area contributed by atoms with Gasteiger partial charge in [-0.1, -0.05) is 39.3 Å². The summed E-state index contributed by atoms with van der Waals surface area (Å²) in [6.45, 7) is 10.4. The highest BCUT2D eigenvalue weighted by molar-refractivity contribution is 6.33. The van der Waals surface area contributed by atoms with E-state index in [4.69, 9.17) is 0 Å². The zero-order valence-electron chi connectivity index (χ0n) is 20.3. The highest BCUT2D eigenvalue weighted by Crippen LogP contribution is 2.50. The molecule has 2 aliphatic carbocycles. The molecule has 33 heavy (non-hydrogen) atoms. The number of hydrogen-bond donors (Lipinski definition) is 0. The maximum Gasteiger partial charge on any atom is 0.193 e. The van der Waals surface area contributed by atoms with Crippen molar-refractivity contribution in [2.75, 3.05) is 19.6 Å². The third kappa shape index (κ3) is 3.75. The molecular weight excluding hydrogens is 404 g/mol. The fourth-order valence-corrected chi connectivity index (χ4v) is 6.22. The van der Waals surface area contributed by atoms with E-state index in [0.29, 0.717) is 5.56 Å². The number of carbonyl (C=O) groups excluding carboxylic acids is 1. The molecule has 1 aliphatic heterocycles. The van der Waals surface area contributed by atoms with Crippen LogP contribution in [0.25, 0.3) is 5.57 Å². The molecule has 0 N–H and O–H groups in total. The topological polar surface area (TPSA) is 44.1 Å². The predicted octanol–water partition coefficient (Wildman–Crippen LogP) is 6.02. The van der Waals surface area contributed by atoms with Crippen molar-refractivity contribution in [1.82, 2.24) is 4.90 Å². The van der Waals surface area contributed by atoms with Crippen LogP contribution in [0, 0.1) is 11.3 Å². The molecule has 0 radical (unpaired) electrons. The maximum atomic E-state index is 13.8. The van der Waals surface area contributed by atoms with E-state index in [-0.39, 0.29) is 11.2 Å². The lowest BCUT2D eigenvalue weighted by Crippen LogP contribution is -2.31. The van der Waals surface area contributed by atoms with Crippen LogP contribution in [0.2, 0.25) is 0 Å². The smallest absolute Gasteiger partial charge is 0.193 e. The molecule has 5 rings (SSSR count). The average Bonchev–Trinajstić information content (AvgIpc) is 3.23. The fourth-order valence-electron chi connectivity index (χ4n) is 6.22. The molecule has 2 aromatic rings. The van der Waals surface area contributed by atoms with E-state index in [1.807, 2.05) is 18.2 Å². The second-order valence-corrected chi connectivity index (χ2v) is 10.5. The first-order valence-corrected chi connectivity index (χ1v) is 12.6. The third-order valence-corrected chi connectivity index (χ3v) is 8.16. The second kappa shape index (κ2) is 8.58. The Labute approximate surface area is 198 Å². The Morgan fingerprint density at radius 2 is 1.82 bits per heavy atom. The van der Waals surface area contributed by atoms with E-state index in [1.165, 1.54) is 67.6 Å². The van der Waals surface area contributed by atoms with Gasteiger partial charge in [0.2, 0.25) is 0 Å². The Morgan fingerprint density at radius 3 is 2.55 bits per heavy atom. The Hall–Kier alpha value is -2.70. The Kier molecular flexibility index (Phi) is 5.75. The SMILES string of the molecule is CCc1cc2c(cc1CCCN1CCCCC1)C(C)(C)C1=C(C2=O)c2ccc(C#N)cc2C1. The van der Waals surface area contributed by atoms with Crippen LogP contribution in [0.1, 0.15) is 90.2 Å². The van der Waals surface area contributed by atoms with E-state index < -0.39 is 0 Å². The van der Waals surface area contributed by atoms with Gasteiger partial charge in [-0.3, -0.25) is 4.79 Å². The van der Waals surface area contributed by atoms with Crippen molar-refractivity contribution >= 4 is 11.4 Å². The number of benzene rings is 2. The average molecular weight is 439 g/mol. The van der Waals surface area contributed by atoms with Crippen LogP contribution in [0.3, 0.4) is 0 Å². The summed E-state index contributed by atoms with van der Waals surface area (Å²) in [4.78, 5) is 16.4. The second-order valence-electron chi connectivity index (χ2n) is 10.5. The van der Waals surface area contributed by atoms with Crippen LogP contribution in [0.15, 0.2) is 35.9 Å². The van der Waals surface area contributed by atoms with Gasteiger partial charge in [-0.2, -0.15) is 5.26 Å². The summed E-state index contributed by atoms with van der Waals surface area (Å²) < 4.78 is 0. The lowest BCUT2D eigenvalue weighted by atomic mass is 9.67. The van der Waals surface area contributed by atoms with Crippen molar-refractivity contribution in [3.05, 3.63) is 74.8 Å². The highest BCUT2D eigenvalue weighted by atomic mass is 16.1.